The van der Waals surface area contributed by atoms with Crippen LogP contribution in [-0.2, 0) is 9.59 Å². The molecule has 9 rings (SSSR count). The summed E-state index contributed by atoms with van der Waals surface area (Å²) in [5.74, 6) is 2.13. The maximum Gasteiger partial charge on any atom is 0.559 e. The van der Waals surface area contributed by atoms with E-state index in [-0.39, 0.29) is 47.5 Å². The van der Waals surface area contributed by atoms with Crippen LogP contribution in [0.3, 0.4) is 0 Å². The lowest BCUT2D eigenvalue weighted by molar-refractivity contribution is -0.237. The van der Waals surface area contributed by atoms with E-state index in [0.29, 0.717) is 48.0 Å². The van der Waals surface area contributed by atoms with E-state index in [1.165, 1.54) is 0 Å². The predicted molar refractivity (Wildman–Crippen MR) is 281 cm³/mol. The molecule has 2 saturated carbocycles. The number of Topliss-reactive ketones (excluding diaryl/α,β-unsaturated/α-hetero) is 2. The lowest BCUT2D eigenvalue weighted by atomic mass is 9.71. The molecule has 4 bridgehead atoms. The van der Waals surface area contributed by atoms with Crippen molar-refractivity contribution in [3.63, 3.8) is 0 Å². The van der Waals surface area contributed by atoms with Gasteiger partial charge in [0.15, 0.2) is 5.78 Å². The normalized spacial score (nSPS) is 18.3. The first-order valence-electron chi connectivity index (χ1n) is 22.4. The summed E-state index contributed by atoms with van der Waals surface area (Å²) in [6.07, 6.45) is 1.90. The van der Waals surface area contributed by atoms with Crippen molar-refractivity contribution < 1.29 is 76.7 Å². The van der Waals surface area contributed by atoms with Crippen LogP contribution in [0, 0.1) is 11.8 Å². The fourth-order valence-corrected chi connectivity index (χ4v) is 7.43. The average Bonchev–Trinajstić information content (AvgIpc) is 4.17. The Kier molecular flexibility index (Phi) is 43.6. The van der Waals surface area contributed by atoms with Gasteiger partial charge in [0.2, 0.25) is 13.9 Å². The highest BCUT2D eigenvalue weighted by Crippen LogP contribution is 2.51. The van der Waals surface area contributed by atoms with Crippen LogP contribution in [0.5, 0.6) is 0 Å². The van der Waals surface area contributed by atoms with Crippen molar-refractivity contribution >= 4 is 69.2 Å². The number of carbonyl (C=O) groups is 5. The molecule has 430 valence electrons. The molecule has 1 atom stereocenters. The van der Waals surface area contributed by atoms with E-state index in [1.807, 2.05) is 80.6 Å². The van der Waals surface area contributed by atoms with Gasteiger partial charge in [-0.05, 0) is 108 Å². The van der Waals surface area contributed by atoms with E-state index in [9.17, 15) is 76.7 Å². The van der Waals surface area contributed by atoms with Crippen LogP contribution in [0.25, 0.3) is 0 Å². The molecular formula is C52H67BrCl2F12N4O5. The maximum absolute atomic E-state index is 12.4. The molecule has 24 heteroatoms. The van der Waals surface area contributed by atoms with Gasteiger partial charge in [0, 0.05) is 52.7 Å². The van der Waals surface area contributed by atoms with Gasteiger partial charge in [-0.25, -0.2) is 17.6 Å². The standard InChI is InChI=1S/C14H15NO2.C13H15NO.C10H12ClNO.C7H11NO.C3H5Br.CF4.CHF3.2CH2F2.CH3F.ClH/c1-10(16)14-7-11(8-14)9-15(14)13(17)12-5-3-2-4-6-12;1-4-10-14(11(2)3)13(15)12-8-6-5-7-9-12;1-8(7-11)12-10(13)9-5-3-2-4-6-9;1-5(9)7-2-6(3-7)4-8-7;1-2-3-4;2-1(3,4)5;2-1(3)4;2*2-1-3;1-2;/h2-6,11H,7-9H2,1H3;4-9H,1-2,10H2,3H3;2-6,8H,7H2,1H3,(H,12,13);6,8H,2-4H2,1H3;2H,1,3H2;;1H;2*1H2;1H3;1H. The van der Waals surface area contributed by atoms with Crippen LogP contribution in [0.1, 0.15) is 84.5 Å². The fraction of sp³-hybridized carbons (Fsp3) is 0.442. The van der Waals surface area contributed by atoms with Crippen molar-refractivity contribution in [2.45, 2.75) is 83.6 Å². The Morgan fingerprint density at radius 1 is 0.763 bits per heavy atom. The van der Waals surface area contributed by atoms with E-state index >= 15 is 0 Å². The minimum absolute atomic E-state index is 0. The number of fused-ring (bicyclic) bond motifs is 2. The first-order valence-corrected chi connectivity index (χ1v) is 24.1. The molecule has 3 aromatic carbocycles. The molecule has 0 radical (unpaired) electrons. The molecule has 4 aliphatic heterocycles. The third-order valence-electron chi connectivity index (χ3n) is 10.6. The predicted octanol–water partition coefficient (Wildman–Crippen LogP) is 14.1. The number of hydrogen-bond acceptors (Lipinski definition) is 6. The summed E-state index contributed by atoms with van der Waals surface area (Å²) in [6.45, 7) is 12.9. The SMILES string of the molecule is C=CCBr.C=CCN(C(=C)C)C(=O)c1ccccc1.CC(=O)C12CC(CN1)C2.CC(=O)C12CC(CN1C(=O)c1ccccc1)C2.CC(CCl)NC(=O)c1ccccc1.CF.Cl.FC(F)(F)F.FC(F)F.FCF.FCF. The molecule has 4 saturated heterocycles. The van der Waals surface area contributed by atoms with Crippen LogP contribution in [-0.4, -0.2) is 121 Å². The minimum Gasteiger partial charge on any atom is -0.348 e. The Bertz CT molecular complexity index is 2080. The second kappa shape index (κ2) is 42.9. The van der Waals surface area contributed by atoms with Gasteiger partial charge in [-0.15, -0.1) is 54.7 Å². The maximum atomic E-state index is 12.4. The highest BCUT2D eigenvalue weighted by Gasteiger charge is 2.60. The molecule has 4 heterocycles. The number of benzene rings is 3. The molecular weight excluding hydrogens is 1140 g/mol. The largest absolute Gasteiger partial charge is 0.559 e. The summed E-state index contributed by atoms with van der Waals surface area (Å²) in [5.41, 5.74) is 2.22. The monoisotopic (exact) mass is 1200 g/mol. The summed E-state index contributed by atoms with van der Waals surface area (Å²) in [6, 6.07) is 27.5. The summed E-state index contributed by atoms with van der Waals surface area (Å²) in [4.78, 5) is 61.9. The number of rotatable bonds is 11. The van der Waals surface area contributed by atoms with Crippen molar-refractivity contribution in [2.24, 2.45) is 11.8 Å². The van der Waals surface area contributed by atoms with Gasteiger partial charge >= 0.3 is 13.1 Å². The third kappa shape index (κ3) is 31.1. The smallest absolute Gasteiger partial charge is 0.348 e. The van der Waals surface area contributed by atoms with Gasteiger partial charge < -0.3 is 20.4 Å². The molecule has 2 aliphatic carbocycles. The zero-order chi connectivity index (χ0) is 58.4. The highest BCUT2D eigenvalue weighted by atomic mass is 79.9. The van der Waals surface area contributed by atoms with Crippen molar-refractivity contribution in [3.8, 4) is 0 Å². The van der Waals surface area contributed by atoms with Gasteiger partial charge in [0.05, 0.1) is 12.7 Å². The number of ketones is 2. The van der Waals surface area contributed by atoms with Crippen molar-refractivity contribution in [1.82, 2.24) is 20.4 Å². The van der Waals surface area contributed by atoms with Gasteiger partial charge in [0.1, 0.15) is 11.3 Å². The summed E-state index contributed by atoms with van der Waals surface area (Å²) in [5, 5.41) is 6.93. The van der Waals surface area contributed by atoms with Crippen LogP contribution < -0.4 is 10.6 Å². The molecule has 1 unspecified atom stereocenters. The number of allylic oxidation sites excluding steroid dienone is 2. The zero-order valence-corrected chi connectivity index (χ0v) is 45.8. The Labute approximate surface area is 457 Å². The first kappa shape index (κ1) is 77.3. The third-order valence-corrected chi connectivity index (χ3v) is 11.5. The Balaban J connectivity index is -0.000000407. The minimum atomic E-state index is -5.50. The molecule has 3 amide bonds. The number of nitrogens with one attached hydrogen (secondary N) is 2. The van der Waals surface area contributed by atoms with Crippen molar-refractivity contribution in [2.75, 3.05) is 51.9 Å². The van der Waals surface area contributed by atoms with Crippen LogP contribution in [0.4, 0.5) is 52.7 Å². The fourth-order valence-electron chi connectivity index (χ4n) is 7.35. The average molecular weight is 1210 g/mol. The summed E-state index contributed by atoms with van der Waals surface area (Å²) in [7, 11) is 0.500. The first-order chi connectivity index (χ1) is 35.2. The summed E-state index contributed by atoms with van der Waals surface area (Å²) < 4.78 is 116. The molecule has 0 aromatic heterocycles. The quantitative estimate of drug-likeness (QED) is 0.112. The lowest BCUT2D eigenvalue weighted by Crippen LogP contribution is -2.53. The number of alkyl halides is 14. The van der Waals surface area contributed by atoms with Gasteiger partial charge in [-0.1, -0.05) is 89.3 Å². The Hall–Kier alpha value is -5.19. The summed E-state index contributed by atoms with van der Waals surface area (Å²) >= 11 is 8.70. The van der Waals surface area contributed by atoms with Gasteiger partial charge in [-0.3, -0.25) is 28.4 Å². The van der Waals surface area contributed by atoms with E-state index in [2.05, 4.69) is 46.3 Å². The number of halogens is 15. The molecule has 3 aromatic rings. The zero-order valence-electron chi connectivity index (χ0n) is 42.7. The molecule has 76 heavy (non-hydrogen) atoms. The molecule has 6 fully saturated rings. The molecule has 0 spiro atoms. The van der Waals surface area contributed by atoms with Crippen molar-refractivity contribution in [1.29, 1.82) is 0 Å². The van der Waals surface area contributed by atoms with E-state index < -0.39 is 32.5 Å². The van der Waals surface area contributed by atoms with Crippen LogP contribution in [0.2, 0.25) is 0 Å². The lowest BCUT2D eigenvalue weighted by Gasteiger charge is -2.39. The number of hydrogen-bond donors (Lipinski definition) is 2. The topological polar surface area (TPSA) is 116 Å². The van der Waals surface area contributed by atoms with Gasteiger partial charge in [0.25, 0.3) is 17.7 Å². The Morgan fingerprint density at radius 2 is 1.14 bits per heavy atom. The van der Waals surface area contributed by atoms with E-state index in [0.717, 1.165) is 55.7 Å². The van der Waals surface area contributed by atoms with Crippen LogP contribution >= 0.6 is 39.9 Å². The van der Waals surface area contributed by atoms with Gasteiger partial charge in [-0.2, -0.15) is 13.2 Å². The molecule has 9 nitrogen and oxygen atoms in total. The molecule has 6 aliphatic rings. The van der Waals surface area contributed by atoms with E-state index in [4.69, 9.17) is 11.6 Å². The Morgan fingerprint density at radius 3 is 1.43 bits per heavy atom. The number of nitrogens with zero attached hydrogens (tertiary/aromatic N) is 2. The number of amides is 3. The van der Waals surface area contributed by atoms with E-state index in [1.54, 1.807) is 60.1 Å². The second-order valence-corrected chi connectivity index (χ2v) is 16.9. The second-order valence-electron chi connectivity index (χ2n) is 16.0. The van der Waals surface area contributed by atoms with Crippen LogP contribution in [0.15, 0.2) is 129 Å². The molecule has 2 N–H and O–H groups in total. The van der Waals surface area contributed by atoms with Crippen molar-refractivity contribution in [3.05, 3.63) is 145 Å². The highest BCUT2D eigenvalue weighted by molar-refractivity contribution is 9.09. The number of carbonyl (C=O) groups excluding carboxylic acids is 5.